The Hall–Kier alpha value is -2.62. The summed E-state index contributed by atoms with van der Waals surface area (Å²) in [6.07, 6.45) is -5.47. The average Bonchev–Trinajstić information content (AvgIpc) is 2.67. The first-order valence-corrected chi connectivity index (χ1v) is 9.52. The number of benzene rings is 2. The van der Waals surface area contributed by atoms with E-state index in [0.29, 0.717) is 11.3 Å². The van der Waals surface area contributed by atoms with E-state index in [1.807, 2.05) is 0 Å². The fourth-order valence-electron chi connectivity index (χ4n) is 2.86. The Balaban J connectivity index is 2.55. The fourth-order valence-corrected chi connectivity index (χ4v) is 3.25. The van der Waals surface area contributed by atoms with Crippen LogP contribution in [0.15, 0.2) is 42.5 Å². The Morgan fingerprint density at radius 2 is 1.66 bits per heavy atom. The van der Waals surface area contributed by atoms with Crippen LogP contribution in [0.25, 0.3) is 0 Å². The van der Waals surface area contributed by atoms with E-state index in [2.05, 4.69) is 10.0 Å². The van der Waals surface area contributed by atoms with Crippen LogP contribution in [-0.2, 0) is 16.5 Å². The van der Waals surface area contributed by atoms with Gasteiger partial charge in [-0.2, -0.15) is 13.2 Å². The van der Waals surface area contributed by atoms with Crippen LogP contribution in [0.2, 0.25) is 0 Å². The largest absolute Gasteiger partial charge is 0.416 e. The predicted octanol–water partition coefficient (Wildman–Crippen LogP) is 5.55. The van der Waals surface area contributed by atoms with Crippen molar-refractivity contribution in [3.05, 3.63) is 59.2 Å². The first-order chi connectivity index (χ1) is 13.7. The zero-order valence-corrected chi connectivity index (χ0v) is 16.0. The number of rotatable bonds is 9. The lowest BCUT2D eigenvalue weighted by Gasteiger charge is -2.32. The van der Waals surface area contributed by atoms with Gasteiger partial charge in [-0.3, -0.25) is 0 Å². The summed E-state index contributed by atoms with van der Waals surface area (Å²) in [6, 6.07) is 8.24. The summed E-state index contributed by atoms with van der Waals surface area (Å²) >= 11 is 1.25. The molecule has 0 bridgehead atoms. The Morgan fingerprint density at radius 1 is 1.07 bits per heavy atom. The standard InChI is InChI=1S/C19H18F5N3OS/c1-29-27-16-4-2-3-15(14(16)10-25)26-18(11-28,9-17(20)21)12-5-7-13(8-6-12)19(22,23)24/h2-8,10-11,17,25-27H,9H2,1H3. The number of anilines is 2. The van der Waals surface area contributed by atoms with Crippen molar-refractivity contribution in [2.24, 2.45) is 0 Å². The van der Waals surface area contributed by atoms with Crippen LogP contribution in [0.5, 0.6) is 0 Å². The molecule has 0 aromatic heterocycles. The number of alkyl halides is 5. The van der Waals surface area contributed by atoms with Gasteiger partial charge in [0, 0.05) is 30.1 Å². The summed E-state index contributed by atoms with van der Waals surface area (Å²) in [7, 11) is 0. The molecule has 0 radical (unpaired) electrons. The van der Waals surface area contributed by atoms with Crippen molar-refractivity contribution in [2.75, 3.05) is 16.3 Å². The molecule has 0 heterocycles. The number of hydrogen-bond acceptors (Lipinski definition) is 5. The quantitative estimate of drug-likeness (QED) is 0.211. The first-order valence-electron chi connectivity index (χ1n) is 8.29. The molecule has 0 saturated heterocycles. The van der Waals surface area contributed by atoms with Crippen molar-refractivity contribution in [1.29, 1.82) is 5.41 Å². The molecule has 0 aliphatic rings. The molecule has 10 heteroatoms. The topological polar surface area (TPSA) is 65.0 Å². The van der Waals surface area contributed by atoms with E-state index in [1.165, 1.54) is 18.0 Å². The van der Waals surface area contributed by atoms with E-state index in [1.54, 1.807) is 18.4 Å². The minimum absolute atomic E-state index is 0.0417. The molecule has 2 rings (SSSR count). The van der Waals surface area contributed by atoms with Crippen LogP contribution in [-0.4, -0.2) is 25.2 Å². The monoisotopic (exact) mass is 431 g/mol. The summed E-state index contributed by atoms with van der Waals surface area (Å²) in [5.41, 5.74) is -1.93. The molecule has 0 spiro atoms. The minimum atomic E-state index is -4.59. The zero-order chi connectivity index (χ0) is 21.7. The van der Waals surface area contributed by atoms with E-state index in [-0.39, 0.29) is 17.5 Å². The number of carbonyl (C=O) groups is 1. The number of hydrogen-bond donors (Lipinski definition) is 3. The molecule has 29 heavy (non-hydrogen) atoms. The molecular formula is C19H18F5N3OS. The molecule has 0 aliphatic carbocycles. The highest BCUT2D eigenvalue weighted by molar-refractivity contribution is 7.99. The molecule has 1 unspecified atom stereocenters. The predicted molar refractivity (Wildman–Crippen MR) is 105 cm³/mol. The SMILES string of the molecule is CSNc1cccc(NC(C=O)(CC(F)F)c2ccc(C(F)(F)F)cc2)c1C=N. The van der Waals surface area contributed by atoms with E-state index in [4.69, 9.17) is 5.41 Å². The lowest BCUT2D eigenvalue weighted by atomic mass is 9.86. The summed E-state index contributed by atoms with van der Waals surface area (Å²) in [4.78, 5) is 12.0. The van der Waals surface area contributed by atoms with Gasteiger partial charge >= 0.3 is 6.18 Å². The fraction of sp³-hybridized carbons (Fsp3) is 0.263. The van der Waals surface area contributed by atoms with Gasteiger partial charge in [-0.25, -0.2) is 8.78 Å². The molecule has 1 atom stereocenters. The lowest BCUT2D eigenvalue weighted by molar-refractivity contribution is -0.137. The maximum absolute atomic E-state index is 13.3. The van der Waals surface area contributed by atoms with Crippen molar-refractivity contribution in [1.82, 2.24) is 0 Å². The molecule has 2 aromatic rings. The van der Waals surface area contributed by atoms with Gasteiger partial charge in [-0.1, -0.05) is 30.1 Å². The number of aldehydes is 1. The Bertz CT molecular complexity index is 858. The van der Waals surface area contributed by atoms with Crippen LogP contribution in [0.3, 0.4) is 0 Å². The van der Waals surface area contributed by atoms with Gasteiger partial charge in [0.05, 0.1) is 11.3 Å². The van der Waals surface area contributed by atoms with Crippen LogP contribution < -0.4 is 10.0 Å². The summed E-state index contributed by atoms with van der Waals surface area (Å²) in [6.45, 7) is 0. The van der Waals surface area contributed by atoms with E-state index in [9.17, 15) is 26.7 Å². The molecule has 0 aliphatic heterocycles. The Labute approximate surface area is 168 Å². The molecule has 0 saturated carbocycles. The molecule has 2 aromatic carbocycles. The third kappa shape index (κ3) is 5.26. The van der Waals surface area contributed by atoms with E-state index >= 15 is 0 Å². The molecule has 156 valence electrons. The van der Waals surface area contributed by atoms with Crippen molar-refractivity contribution in [2.45, 2.75) is 24.6 Å². The van der Waals surface area contributed by atoms with Gasteiger partial charge in [0.15, 0.2) is 0 Å². The van der Waals surface area contributed by atoms with Gasteiger partial charge < -0.3 is 20.2 Å². The summed E-state index contributed by atoms with van der Waals surface area (Å²) < 4.78 is 68.1. The Morgan fingerprint density at radius 3 is 2.14 bits per heavy atom. The first kappa shape index (κ1) is 22.7. The summed E-state index contributed by atoms with van der Waals surface area (Å²) in [5.74, 6) is 0. The highest BCUT2D eigenvalue weighted by Crippen LogP contribution is 2.36. The third-order valence-electron chi connectivity index (χ3n) is 4.23. The van der Waals surface area contributed by atoms with Crippen molar-refractivity contribution in [3.8, 4) is 0 Å². The van der Waals surface area contributed by atoms with Gasteiger partial charge in [0.25, 0.3) is 0 Å². The minimum Gasteiger partial charge on any atom is -0.369 e. The van der Waals surface area contributed by atoms with E-state index < -0.39 is 30.1 Å². The van der Waals surface area contributed by atoms with Crippen LogP contribution in [0.4, 0.5) is 33.3 Å². The third-order valence-corrected chi connectivity index (χ3v) is 4.65. The van der Waals surface area contributed by atoms with E-state index in [0.717, 1.165) is 30.5 Å². The Kier molecular flexibility index (Phi) is 7.23. The smallest absolute Gasteiger partial charge is 0.369 e. The second-order valence-electron chi connectivity index (χ2n) is 6.10. The van der Waals surface area contributed by atoms with Gasteiger partial charge in [-0.15, -0.1) is 0 Å². The molecule has 4 nitrogen and oxygen atoms in total. The molecule has 3 N–H and O–H groups in total. The highest BCUT2D eigenvalue weighted by atomic mass is 32.2. The maximum atomic E-state index is 13.3. The van der Waals surface area contributed by atoms with Crippen LogP contribution in [0, 0.1) is 5.41 Å². The number of carbonyl (C=O) groups excluding carboxylic acids is 1. The molecule has 0 amide bonds. The number of halogens is 5. The highest BCUT2D eigenvalue weighted by Gasteiger charge is 2.37. The van der Waals surface area contributed by atoms with Crippen LogP contribution >= 0.6 is 11.9 Å². The normalized spacial score (nSPS) is 13.6. The maximum Gasteiger partial charge on any atom is 0.416 e. The zero-order valence-electron chi connectivity index (χ0n) is 15.2. The number of nitrogens with one attached hydrogen (secondary N) is 3. The molecular weight excluding hydrogens is 413 g/mol. The second-order valence-corrected chi connectivity index (χ2v) is 6.71. The second kappa shape index (κ2) is 9.25. The van der Waals surface area contributed by atoms with Crippen molar-refractivity contribution in [3.63, 3.8) is 0 Å². The lowest BCUT2D eigenvalue weighted by Crippen LogP contribution is -2.39. The van der Waals surface area contributed by atoms with Crippen molar-refractivity contribution >= 4 is 35.8 Å². The van der Waals surface area contributed by atoms with Gasteiger partial charge in [-0.05, 0) is 29.8 Å². The average molecular weight is 431 g/mol. The van der Waals surface area contributed by atoms with Crippen molar-refractivity contribution < 1.29 is 26.7 Å². The van der Waals surface area contributed by atoms with Gasteiger partial charge in [0.2, 0.25) is 6.43 Å². The van der Waals surface area contributed by atoms with Crippen LogP contribution in [0.1, 0.15) is 23.1 Å². The van der Waals surface area contributed by atoms with Gasteiger partial charge in [0.1, 0.15) is 11.8 Å². The summed E-state index contributed by atoms with van der Waals surface area (Å²) in [5, 5.41) is 10.4. The molecule has 0 fully saturated rings.